The largest absolute Gasteiger partial charge is 0.493 e. The molecule has 1 aliphatic rings. The van der Waals surface area contributed by atoms with Crippen LogP contribution in [-0.2, 0) is 16.0 Å². The minimum atomic E-state index is -1.82. The third-order valence-corrected chi connectivity index (χ3v) is 5.18. The molecule has 2 heterocycles. The molecule has 0 unspecified atom stereocenters. The van der Waals surface area contributed by atoms with Crippen LogP contribution in [0.2, 0.25) is 0 Å². The zero-order chi connectivity index (χ0) is 22.1. The van der Waals surface area contributed by atoms with Gasteiger partial charge in [-0.2, -0.15) is 0 Å². The summed E-state index contributed by atoms with van der Waals surface area (Å²) < 4.78 is 16.3. The maximum atomic E-state index is 9.10. The Hall–Kier alpha value is -3.27. The van der Waals surface area contributed by atoms with Crippen molar-refractivity contribution in [3.63, 3.8) is 0 Å². The molecule has 1 aliphatic heterocycles. The number of hydrogen-bond acceptors (Lipinski definition) is 8. The number of benzene rings is 1. The number of anilines is 1. The number of ether oxygens (including phenoxy) is 3. The average Bonchev–Trinajstić information content (AvgIpc) is 3.00. The maximum absolute atomic E-state index is 9.10. The van der Waals surface area contributed by atoms with Crippen molar-refractivity contribution < 1.29 is 34.0 Å². The van der Waals surface area contributed by atoms with Gasteiger partial charge in [0.1, 0.15) is 10.0 Å². The molecular weight excluding hydrogens is 412 g/mol. The van der Waals surface area contributed by atoms with Crippen LogP contribution in [0.4, 0.5) is 5.00 Å². The first kappa shape index (κ1) is 23.0. The van der Waals surface area contributed by atoms with Gasteiger partial charge in [-0.05, 0) is 43.5 Å². The highest BCUT2D eigenvalue weighted by atomic mass is 32.1. The van der Waals surface area contributed by atoms with Crippen molar-refractivity contribution in [3.8, 4) is 17.2 Å². The van der Waals surface area contributed by atoms with Crippen LogP contribution in [0, 0.1) is 0 Å². The van der Waals surface area contributed by atoms with Gasteiger partial charge in [0, 0.05) is 12.1 Å². The van der Waals surface area contributed by atoms with Crippen LogP contribution in [0.1, 0.15) is 29.1 Å². The Kier molecular flexibility index (Phi) is 8.48. The molecule has 9 nitrogen and oxygen atoms in total. The molecule has 30 heavy (non-hydrogen) atoms. The van der Waals surface area contributed by atoms with E-state index in [2.05, 4.69) is 5.32 Å². The van der Waals surface area contributed by atoms with Crippen molar-refractivity contribution >= 4 is 40.4 Å². The number of aliphatic carboxylic acids is 2. The van der Waals surface area contributed by atoms with Crippen molar-refractivity contribution in [2.75, 3.05) is 33.2 Å². The lowest BCUT2D eigenvalue weighted by molar-refractivity contribution is -0.159. The van der Waals surface area contributed by atoms with Crippen LogP contribution in [-0.4, -0.2) is 55.0 Å². The molecule has 0 aliphatic carbocycles. The quantitative estimate of drug-likeness (QED) is 0.605. The van der Waals surface area contributed by atoms with Gasteiger partial charge in [-0.1, -0.05) is 11.3 Å². The molecule has 1 aromatic heterocycles. The van der Waals surface area contributed by atoms with E-state index in [1.54, 1.807) is 32.7 Å². The Morgan fingerprint density at radius 1 is 1.03 bits per heavy atom. The van der Waals surface area contributed by atoms with Crippen LogP contribution in [0.25, 0.3) is 12.2 Å². The van der Waals surface area contributed by atoms with Gasteiger partial charge in [0.05, 0.1) is 27.0 Å². The fourth-order valence-electron chi connectivity index (χ4n) is 2.79. The molecule has 0 spiro atoms. The smallest absolute Gasteiger partial charge is 0.414 e. The third-order valence-electron chi connectivity index (χ3n) is 4.16. The van der Waals surface area contributed by atoms with Gasteiger partial charge in [-0.25, -0.2) is 14.6 Å². The highest BCUT2D eigenvalue weighted by Crippen LogP contribution is 2.40. The summed E-state index contributed by atoms with van der Waals surface area (Å²) in [7, 11) is 4.85. The second-order valence-corrected chi connectivity index (χ2v) is 7.11. The highest BCUT2D eigenvalue weighted by Gasteiger charge is 2.15. The zero-order valence-electron chi connectivity index (χ0n) is 16.9. The predicted octanol–water partition coefficient (Wildman–Crippen LogP) is 3.24. The number of carboxylic acids is 2. The number of methoxy groups -OCH3 is 3. The molecule has 1 aromatic carbocycles. The summed E-state index contributed by atoms with van der Waals surface area (Å²) in [5.74, 6) is -1.75. The van der Waals surface area contributed by atoms with E-state index in [9.17, 15) is 0 Å². The summed E-state index contributed by atoms with van der Waals surface area (Å²) in [5, 5.41) is 20.4. The van der Waals surface area contributed by atoms with Gasteiger partial charge in [-0.15, -0.1) is 0 Å². The van der Waals surface area contributed by atoms with Gasteiger partial charge in [0.25, 0.3) is 0 Å². The minimum Gasteiger partial charge on any atom is -0.493 e. The van der Waals surface area contributed by atoms with E-state index in [0.717, 1.165) is 23.5 Å². The molecular formula is C20H24N2O7S. The molecule has 0 radical (unpaired) electrons. The van der Waals surface area contributed by atoms with Crippen LogP contribution < -0.4 is 19.5 Å². The van der Waals surface area contributed by atoms with Gasteiger partial charge in [0.15, 0.2) is 11.5 Å². The van der Waals surface area contributed by atoms with Crippen LogP contribution in [0.3, 0.4) is 0 Å². The van der Waals surface area contributed by atoms with Crippen molar-refractivity contribution in [2.24, 2.45) is 0 Å². The second-order valence-electron chi connectivity index (χ2n) is 6.08. The van der Waals surface area contributed by atoms with Gasteiger partial charge >= 0.3 is 11.9 Å². The van der Waals surface area contributed by atoms with Crippen molar-refractivity contribution in [3.05, 3.63) is 28.4 Å². The molecule has 3 N–H and O–H groups in total. The number of aromatic nitrogens is 1. The number of fused-ring (bicyclic) bond motifs is 1. The van der Waals surface area contributed by atoms with Gasteiger partial charge < -0.3 is 29.7 Å². The number of rotatable bonds is 5. The summed E-state index contributed by atoms with van der Waals surface area (Å²) in [5.41, 5.74) is 2.10. The monoisotopic (exact) mass is 436 g/mol. The molecule has 0 saturated heterocycles. The number of carboxylic acid groups (broad SMARTS) is 2. The topological polar surface area (TPSA) is 127 Å². The average molecular weight is 436 g/mol. The predicted molar refractivity (Wildman–Crippen MR) is 114 cm³/mol. The van der Waals surface area contributed by atoms with E-state index in [4.69, 9.17) is 39.0 Å². The van der Waals surface area contributed by atoms with Crippen LogP contribution in [0.15, 0.2) is 12.1 Å². The number of hydrogen-bond donors (Lipinski definition) is 3. The second kappa shape index (κ2) is 11.1. The molecule has 0 fully saturated rings. The van der Waals surface area contributed by atoms with Crippen molar-refractivity contribution in [1.82, 2.24) is 4.98 Å². The summed E-state index contributed by atoms with van der Waals surface area (Å²) in [6.45, 7) is 1.03. The van der Waals surface area contributed by atoms with Gasteiger partial charge in [-0.3, -0.25) is 0 Å². The van der Waals surface area contributed by atoms with E-state index in [-0.39, 0.29) is 0 Å². The number of aryl methyl sites for hydroxylation is 1. The number of thiazole rings is 1. The molecule has 2 aromatic rings. The molecule has 3 rings (SSSR count). The summed E-state index contributed by atoms with van der Waals surface area (Å²) in [4.78, 5) is 22.9. The fraction of sp³-hybridized carbons (Fsp3) is 0.350. The molecule has 0 bridgehead atoms. The van der Waals surface area contributed by atoms with E-state index >= 15 is 0 Å². The van der Waals surface area contributed by atoms with Crippen LogP contribution in [0.5, 0.6) is 17.2 Å². The van der Waals surface area contributed by atoms with E-state index in [1.807, 2.05) is 24.3 Å². The Morgan fingerprint density at radius 3 is 2.33 bits per heavy atom. The minimum absolute atomic E-state index is 0.596. The standard InChI is InChI=1S/C18H22N2O3S.C2H2O4/c1-21-14-9-7-12(16(22-2)17(14)23-3)8-10-15-20-13-6-4-5-11-19-18(13)24-15;3-1(4)2(5)6/h7-10,19H,4-6,11H2,1-3H3;(H,3,4)(H,5,6)/b10-8+;. The Balaban J connectivity index is 0.000000469. The Morgan fingerprint density at radius 2 is 1.73 bits per heavy atom. The molecule has 0 saturated carbocycles. The molecule has 0 amide bonds. The molecule has 162 valence electrons. The van der Waals surface area contributed by atoms with E-state index in [0.29, 0.717) is 17.2 Å². The summed E-state index contributed by atoms with van der Waals surface area (Å²) in [6, 6.07) is 3.83. The summed E-state index contributed by atoms with van der Waals surface area (Å²) in [6.07, 6.45) is 7.46. The van der Waals surface area contributed by atoms with Crippen molar-refractivity contribution in [2.45, 2.75) is 19.3 Å². The third kappa shape index (κ3) is 5.86. The van der Waals surface area contributed by atoms with E-state index < -0.39 is 11.9 Å². The van der Waals surface area contributed by atoms with Gasteiger partial charge in [0.2, 0.25) is 5.75 Å². The van der Waals surface area contributed by atoms with Crippen LogP contribution >= 0.6 is 11.3 Å². The lowest BCUT2D eigenvalue weighted by atomic mass is 10.1. The summed E-state index contributed by atoms with van der Waals surface area (Å²) >= 11 is 1.69. The first-order valence-corrected chi connectivity index (χ1v) is 9.89. The lowest BCUT2D eigenvalue weighted by Gasteiger charge is -2.13. The Bertz CT molecular complexity index is 889. The zero-order valence-corrected chi connectivity index (χ0v) is 17.7. The van der Waals surface area contributed by atoms with Crippen molar-refractivity contribution in [1.29, 1.82) is 0 Å². The SMILES string of the molecule is COc1ccc(/C=C/c2nc3c(s2)NCCCC3)c(OC)c1OC.O=C(O)C(=O)O. The normalized spacial score (nSPS) is 12.6. The number of carbonyl (C=O) groups is 2. The lowest BCUT2D eigenvalue weighted by Crippen LogP contribution is -2.09. The molecule has 10 heteroatoms. The van der Waals surface area contributed by atoms with E-state index in [1.165, 1.54) is 23.5 Å². The fourth-order valence-corrected chi connectivity index (χ4v) is 3.73. The number of nitrogens with one attached hydrogen (secondary N) is 1. The number of nitrogens with zero attached hydrogens (tertiary/aromatic N) is 1. The first-order valence-electron chi connectivity index (χ1n) is 9.08. The molecule has 0 atom stereocenters. The Labute approximate surface area is 177 Å². The first-order chi connectivity index (χ1) is 14.4. The maximum Gasteiger partial charge on any atom is 0.414 e. The highest BCUT2D eigenvalue weighted by molar-refractivity contribution is 7.16.